The number of rotatable bonds is 6. The second kappa shape index (κ2) is 8.76. The van der Waals surface area contributed by atoms with Crippen LogP contribution >= 0.6 is 0 Å². The minimum absolute atomic E-state index is 0.365. The Morgan fingerprint density at radius 2 is 1.16 bits per heavy atom. The summed E-state index contributed by atoms with van der Waals surface area (Å²) in [6.07, 6.45) is -0.954. The predicted molar refractivity (Wildman–Crippen MR) is 63.3 cm³/mol. The Balaban J connectivity index is 0. The predicted octanol–water partition coefficient (Wildman–Crippen LogP) is -2.20. The molecule has 0 aliphatic heterocycles. The van der Waals surface area contributed by atoms with Crippen LogP contribution in [0.15, 0.2) is 0 Å². The van der Waals surface area contributed by atoms with E-state index < -0.39 is 37.2 Å². The van der Waals surface area contributed by atoms with Gasteiger partial charge in [0.25, 0.3) is 20.2 Å². The molecule has 10 nitrogen and oxygen atoms in total. The van der Waals surface area contributed by atoms with Gasteiger partial charge in [-0.05, 0) is 13.8 Å². The van der Waals surface area contributed by atoms with Crippen LogP contribution in [0.3, 0.4) is 0 Å². The van der Waals surface area contributed by atoms with E-state index in [-0.39, 0.29) is 13.2 Å². The number of ether oxygens (including phenoxy) is 1. The van der Waals surface area contributed by atoms with Gasteiger partial charge >= 0.3 is 0 Å². The first-order valence-corrected chi connectivity index (χ1v) is 7.84. The first kappa shape index (κ1) is 21.0. The van der Waals surface area contributed by atoms with Crippen LogP contribution in [0, 0.1) is 0 Å². The minimum Gasteiger partial charge on any atom is -0.394 e. The van der Waals surface area contributed by atoms with E-state index in [0.717, 1.165) is 13.8 Å². The van der Waals surface area contributed by atoms with E-state index in [4.69, 9.17) is 24.4 Å². The fraction of sp³-hybridized carbons (Fsp3) is 1.00. The van der Waals surface area contributed by atoms with Crippen molar-refractivity contribution in [1.82, 2.24) is 0 Å². The molecule has 0 rings (SSSR count). The molecule has 0 spiro atoms. The highest BCUT2D eigenvalue weighted by molar-refractivity contribution is 7.87. The van der Waals surface area contributed by atoms with Gasteiger partial charge in [0.1, 0.15) is 6.10 Å². The zero-order chi connectivity index (χ0) is 15.9. The van der Waals surface area contributed by atoms with Crippen LogP contribution in [0.1, 0.15) is 13.8 Å². The topological polar surface area (TPSA) is 179 Å². The molecule has 0 radical (unpaired) electrons. The van der Waals surface area contributed by atoms with Gasteiger partial charge in [0.05, 0.1) is 13.2 Å². The largest absolute Gasteiger partial charge is 0.394 e. The summed E-state index contributed by atoms with van der Waals surface area (Å²) >= 11 is 0. The van der Waals surface area contributed by atoms with E-state index in [1.54, 1.807) is 0 Å². The van der Waals surface area contributed by atoms with Gasteiger partial charge in [-0.2, -0.15) is 16.8 Å². The Morgan fingerprint density at radius 1 is 0.895 bits per heavy atom. The van der Waals surface area contributed by atoms with Crippen LogP contribution < -0.4 is 0 Å². The third-order valence-corrected chi connectivity index (χ3v) is 3.54. The van der Waals surface area contributed by atoms with E-state index in [2.05, 4.69) is 4.74 Å². The van der Waals surface area contributed by atoms with Crippen molar-refractivity contribution in [2.45, 2.75) is 30.8 Å². The van der Waals surface area contributed by atoms with Crippen LogP contribution in [-0.2, 0) is 25.0 Å². The number of aliphatic hydroxyl groups excluding tert-OH is 3. The summed E-state index contributed by atoms with van der Waals surface area (Å²) in [5, 5.41) is 24.0. The zero-order valence-corrected chi connectivity index (χ0v) is 11.9. The van der Waals surface area contributed by atoms with Crippen molar-refractivity contribution >= 4 is 20.2 Å². The van der Waals surface area contributed by atoms with Gasteiger partial charge < -0.3 is 20.1 Å². The van der Waals surface area contributed by atoms with Crippen molar-refractivity contribution in [2.75, 3.05) is 13.2 Å². The quantitative estimate of drug-likeness (QED) is 0.336. The van der Waals surface area contributed by atoms with E-state index in [1.807, 2.05) is 0 Å². The van der Waals surface area contributed by atoms with Gasteiger partial charge in [0, 0.05) is 0 Å². The summed E-state index contributed by atoms with van der Waals surface area (Å²) in [4.78, 5) is 0. The molecule has 19 heavy (non-hydrogen) atoms. The fourth-order valence-electron chi connectivity index (χ4n) is 0.468. The van der Waals surface area contributed by atoms with E-state index in [9.17, 15) is 16.8 Å². The van der Waals surface area contributed by atoms with Crippen molar-refractivity contribution in [3.05, 3.63) is 0 Å². The second-order valence-electron chi connectivity index (χ2n) is 3.32. The van der Waals surface area contributed by atoms with Gasteiger partial charge in [-0.25, -0.2) is 0 Å². The Labute approximate surface area is 111 Å². The third kappa shape index (κ3) is 11.2. The van der Waals surface area contributed by atoms with Gasteiger partial charge in [0.15, 0.2) is 10.9 Å². The second-order valence-corrected chi connectivity index (χ2v) is 6.71. The van der Waals surface area contributed by atoms with Gasteiger partial charge in [-0.1, -0.05) is 0 Å². The highest BCUT2D eigenvalue weighted by Crippen LogP contribution is 2.07. The van der Waals surface area contributed by atoms with Crippen molar-refractivity contribution in [2.24, 2.45) is 0 Å². The number of hydrogen-bond acceptors (Lipinski definition) is 8. The summed E-state index contributed by atoms with van der Waals surface area (Å²) < 4.78 is 62.4. The molecule has 0 aromatic carbocycles. The van der Waals surface area contributed by atoms with E-state index >= 15 is 0 Å². The smallest absolute Gasteiger partial charge is 0.292 e. The maximum atomic E-state index is 10.3. The summed E-state index contributed by atoms with van der Waals surface area (Å²) in [5.74, 6) is 0. The maximum Gasteiger partial charge on any atom is 0.292 e. The summed E-state index contributed by atoms with van der Waals surface area (Å²) in [5.41, 5.74) is -3.41. The monoisotopic (exact) mass is 326 g/mol. The molecule has 2 atom stereocenters. The van der Waals surface area contributed by atoms with Gasteiger partial charge in [-0.15, -0.1) is 0 Å². The Morgan fingerprint density at radius 3 is 1.26 bits per heavy atom. The molecular weight excluding hydrogens is 308 g/mol. The number of aliphatic hydroxyl groups is 3. The minimum atomic E-state index is -4.46. The standard InChI is InChI=1S/C4H10O7S2.C3H8O3/c1-3(12(5,6)7)11-4(2)13(8,9)10;4-1-3(6)2-5/h3-4H,1-2H3,(H,5,6,7)(H,8,9,10);3-6H,1-2H2. The summed E-state index contributed by atoms with van der Waals surface area (Å²) in [6.45, 7) is 1.15. The maximum absolute atomic E-state index is 10.3. The SMILES string of the molecule is CC(OC(C)S(=O)(=O)O)S(=O)(=O)O.OCC(O)CO. The van der Waals surface area contributed by atoms with Crippen molar-refractivity contribution in [1.29, 1.82) is 0 Å². The molecule has 0 saturated heterocycles. The lowest BCUT2D eigenvalue weighted by Crippen LogP contribution is -2.29. The van der Waals surface area contributed by atoms with Crippen molar-refractivity contribution < 1.29 is 46.0 Å². The average Bonchev–Trinajstić information content (AvgIpc) is 2.26. The van der Waals surface area contributed by atoms with Crippen LogP contribution in [0.5, 0.6) is 0 Å². The van der Waals surface area contributed by atoms with Crippen LogP contribution in [0.25, 0.3) is 0 Å². The molecule has 0 aliphatic carbocycles. The lowest BCUT2D eigenvalue weighted by Gasteiger charge is -2.13. The Bertz CT molecular complexity index is 387. The lowest BCUT2D eigenvalue weighted by molar-refractivity contribution is 0.0450. The molecule has 0 aliphatic rings. The molecule has 0 fully saturated rings. The first-order valence-electron chi connectivity index (χ1n) is 4.84. The molecule has 0 amide bonds. The van der Waals surface area contributed by atoms with Crippen molar-refractivity contribution in [3.63, 3.8) is 0 Å². The zero-order valence-electron chi connectivity index (χ0n) is 10.2. The lowest BCUT2D eigenvalue weighted by atomic mass is 10.4. The normalized spacial score (nSPS) is 15.6. The first-order chi connectivity index (χ1) is 8.36. The molecule has 5 N–H and O–H groups in total. The van der Waals surface area contributed by atoms with E-state index in [1.165, 1.54) is 0 Å². The summed E-state index contributed by atoms with van der Waals surface area (Å²) in [6, 6.07) is 0. The van der Waals surface area contributed by atoms with Gasteiger partial charge in [0.2, 0.25) is 0 Å². The van der Waals surface area contributed by atoms with Gasteiger partial charge in [-0.3, -0.25) is 9.11 Å². The highest BCUT2D eigenvalue weighted by Gasteiger charge is 2.26. The Kier molecular flexibility index (Phi) is 9.66. The van der Waals surface area contributed by atoms with Crippen molar-refractivity contribution in [3.8, 4) is 0 Å². The number of hydrogen-bond donors (Lipinski definition) is 5. The molecule has 2 unspecified atom stereocenters. The van der Waals surface area contributed by atoms with Crippen LogP contribution in [0.4, 0.5) is 0 Å². The molecular formula is C7H18O10S2. The molecule has 0 aromatic heterocycles. The van der Waals surface area contributed by atoms with Crippen LogP contribution in [0.2, 0.25) is 0 Å². The van der Waals surface area contributed by atoms with E-state index in [0.29, 0.717) is 0 Å². The van der Waals surface area contributed by atoms with Crippen LogP contribution in [-0.4, -0.2) is 71.5 Å². The average molecular weight is 326 g/mol. The molecule has 0 saturated carbocycles. The fourth-order valence-corrected chi connectivity index (χ4v) is 1.15. The highest BCUT2D eigenvalue weighted by atomic mass is 32.2. The third-order valence-electron chi connectivity index (χ3n) is 1.64. The Hall–Kier alpha value is -0.340. The molecule has 0 bridgehead atoms. The summed E-state index contributed by atoms with van der Waals surface area (Å²) in [7, 11) is -8.91. The molecule has 118 valence electrons. The molecule has 12 heteroatoms. The molecule has 0 heterocycles. The molecule has 0 aromatic rings.